The Labute approximate surface area is 103 Å². The molecule has 2 aromatic rings. The van der Waals surface area contributed by atoms with Crippen molar-refractivity contribution in [3.05, 3.63) is 40.1 Å². The van der Waals surface area contributed by atoms with Crippen LogP contribution in [0, 0.1) is 5.82 Å². The average Bonchev–Trinajstić information content (AvgIpc) is 2.71. The average molecular weight is 256 g/mol. The van der Waals surface area contributed by atoms with Crippen molar-refractivity contribution in [1.29, 1.82) is 0 Å². The number of rotatable bonds is 2. The molecule has 0 saturated carbocycles. The third-order valence-corrected chi connectivity index (χ3v) is 3.50. The first kappa shape index (κ1) is 11.6. The topological polar surface area (TPSA) is 12.9 Å². The van der Waals surface area contributed by atoms with Crippen LogP contribution in [0.1, 0.15) is 25.5 Å². The molecule has 0 spiro atoms. The fraction of sp³-hybridized carbons (Fsp3) is 0.250. The van der Waals surface area contributed by atoms with Crippen molar-refractivity contribution in [1.82, 2.24) is 4.98 Å². The van der Waals surface area contributed by atoms with Gasteiger partial charge in [0, 0.05) is 10.9 Å². The van der Waals surface area contributed by atoms with Crippen molar-refractivity contribution in [2.45, 2.75) is 19.8 Å². The minimum absolute atomic E-state index is 0.143. The number of halogens is 2. The smallest absolute Gasteiger partial charge is 0.142 e. The number of thiazole rings is 1. The van der Waals surface area contributed by atoms with Crippen LogP contribution >= 0.6 is 22.9 Å². The second kappa shape index (κ2) is 4.52. The van der Waals surface area contributed by atoms with Crippen LogP contribution < -0.4 is 0 Å². The van der Waals surface area contributed by atoms with Crippen LogP contribution in [0.25, 0.3) is 10.6 Å². The first-order valence-electron chi connectivity index (χ1n) is 4.99. The molecule has 1 aromatic carbocycles. The SMILES string of the molecule is CC(C)c1csc(-c2ccc(Cl)c(F)c2)n1. The number of nitrogens with zero attached hydrogens (tertiary/aromatic N) is 1. The minimum atomic E-state index is -0.402. The van der Waals surface area contributed by atoms with Gasteiger partial charge in [-0.3, -0.25) is 0 Å². The zero-order chi connectivity index (χ0) is 11.7. The molecule has 0 aliphatic carbocycles. The molecule has 16 heavy (non-hydrogen) atoms. The van der Waals surface area contributed by atoms with Crippen LogP contribution in [0.3, 0.4) is 0 Å². The summed E-state index contributed by atoms with van der Waals surface area (Å²) in [5.41, 5.74) is 1.81. The van der Waals surface area contributed by atoms with Gasteiger partial charge in [0.2, 0.25) is 0 Å². The monoisotopic (exact) mass is 255 g/mol. The highest BCUT2D eigenvalue weighted by Crippen LogP contribution is 2.28. The Kier molecular flexibility index (Phi) is 3.26. The van der Waals surface area contributed by atoms with Crippen LogP contribution in [-0.4, -0.2) is 4.98 Å². The molecule has 1 heterocycles. The fourth-order valence-electron chi connectivity index (χ4n) is 1.31. The van der Waals surface area contributed by atoms with Gasteiger partial charge in [-0.25, -0.2) is 9.37 Å². The second-order valence-electron chi connectivity index (χ2n) is 3.86. The highest BCUT2D eigenvalue weighted by Gasteiger charge is 2.09. The molecule has 1 aromatic heterocycles. The minimum Gasteiger partial charge on any atom is -0.241 e. The van der Waals surface area contributed by atoms with E-state index in [9.17, 15) is 4.39 Å². The molecule has 0 radical (unpaired) electrons. The first-order chi connectivity index (χ1) is 7.58. The lowest BCUT2D eigenvalue weighted by Gasteiger charge is -1.99. The maximum Gasteiger partial charge on any atom is 0.142 e. The lowest BCUT2D eigenvalue weighted by molar-refractivity contribution is 0.629. The lowest BCUT2D eigenvalue weighted by atomic mass is 10.1. The van der Waals surface area contributed by atoms with Crippen LogP contribution in [0.15, 0.2) is 23.6 Å². The fourth-order valence-corrected chi connectivity index (χ4v) is 2.41. The normalized spacial score (nSPS) is 11.1. The highest BCUT2D eigenvalue weighted by molar-refractivity contribution is 7.13. The summed E-state index contributed by atoms with van der Waals surface area (Å²) in [7, 11) is 0. The molecule has 84 valence electrons. The Balaban J connectivity index is 2.39. The highest BCUT2D eigenvalue weighted by atomic mass is 35.5. The molecule has 0 saturated heterocycles. The molecule has 0 unspecified atom stereocenters. The van der Waals surface area contributed by atoms with Gasteiger partial charge in [0.25, 0.3) is 0 Å². The molecule has 4 heteroatoms. The Morgan fingerprint density at radius 2 is 2.12 bits per heavy atom. The zero-order valence-electron chi connectivity index (χ0n) is 9.00. The van der Waals surface area contributed by atoms with E-state index < -0.39 is 5.82 Å². The van der Waals surface area contributed by atoms with Crippen LogP contribution in [0.4, 0.5) is 4.39 Å². The standard InChI is InChI=1S/C12H11ClFNS/c1-7(2)11-6-16-12(15-11)8-3-4-9(13)10(14)5-8/h3-7H,1-2H3. The molecule has 0 fully saturated rings. The molecular weight excluding hydrogens is 245 g/mol. The van der Waals surface area contributed by atoms with Crippen LogP contribution in [-0.2, 0) is 0 Å². The van der Waals surface area contributed by atoms with E-state index in [1.165, 1.54) is 17.4 Å². The van der Waals surface area contributed by atoms with Gasteiger partial charge in [-0.05, 0) is 18.1 Å². The third kappa shape index (κ3) is 2.25. The zero-order valence-corrected chi connectivity index (χ0v) is 10.6. The Morgan fingerprint density at radius 1 is 1.38 bits per heavy atom. The predicted octanol–water partition coefficient (Wildman–Crippen LogP) is 4.73. The molecule has 0 N–H and O–H groups in total. The summed E-state index contributed by atoms with van der Waals surface area (Å²) in [5, 5.41) is 2.98. The summed E-state index contributed by atoms with van der Waals surface area (Å²) < 4.78 is 13.3. The molecule has 0 amide bonds. The van der Waals surface area contributed by atoms with Crippen molar-refractivity contribution >= 4 is 22.9 Å². The quantitative estimate of drug-likeness (QED) is 0.756. The number of hydrogen-bond donors (Lipinski definition) is 0. The summed E-state index contributed by atoms with van der Waals surface area (Å²) in [6.45, 7) is 4.17. The van der Waals surface area contributed by atoms with E-state index in [1.54, 1.807) is 12.1 Å². The van der Waals surface area contributed by atoms with Gasteiger partial charge in [-0.2, -0.15) is 0 Å². The Morgan fingerprint density at radius 3 is 2.69 bits per heavy atom. The molecular formula is C12H11ClFNS. The molecule has 0 atom stereocenters. The van der Waals surface area contributed by atoms with E-state index in [1.807, 2.05) is 5.38 Å². The molecule has 1 nitrogen and oxygen atoms in total. The maximum atomic E-state index is 13.3. The summed E-state index contributed by atoms with van der Waals surface area (Å²) in [4.78, 5) is 4.46. The van der Waals surface area contributed by atoms with E-state index in [-0.39, 0.29) is 5.02 Å². The Bertz CT molecular complexity index is 507. The maximum absolute atomic E-state index is 13.3. The van der Waals surface area contributed by atoms with E-state index in [4.69, 9.17) is 11.6 Å². The van der Waals surface area contributed by atoms with E-state index in [2.05, 4.69) is 18.8 Å². The van der Waals surface area contributed by atoms with Crippen molar-refractivity contribution in [3.63, 3.8) is 0 Å². The van der Waals surface area contributed by atoms with Crippen LogP contribution in [0.2, 0.25) is 5.02 Å². The summed E-state index contributed by atoms with van der Waals surface area (Å²) in [6, 6.07) is 4.77. The number of aromatic nitrogens is 1. The van der Waals surface area contributed by atoms with Gasteiger partial charge >= 0.3 is 0 Å². The van der Waals surface area contributed by atoms with Crippen LogP contribution in [0.5, 0.6) is 0 Å². The van der Waals surface area contributed by atoms with E-state index in [0.29, 0.717) is 5.92 Å². The summed E-state index contributed by atoms with van der Waals surface area (Å²) in [6.07, 6.45) is 0. The Hall–Kier alpha value is -0.930. The second-order valence-corrected chi connectivity index (χ2v) is 5.13. The molecule has 2 rings (SSSR count). The lowest BCUT2D eigenvalue weighted by Crippen LogP contribution is -1.87. The van der Waals surface area contributed by atoms with Gasteiger partial charge in [0.1, 0.15) is 10.8 Å². The number of benzene rings is 1. The largest absolute Gasteiger partial charge is 0.241 e. The third-order valence-electron chi connectivity index (χ3n) is 2.28. The van der Waals surface area contributed by atoms with Crippen molar-refractivity contribution in [2.75, 3.05) is 0 Å². The molecule has 0 bridgehead atoms. The number of hydrogen-bond acceptors (Lipinski definition) is 2. The van der Waals surface area contributed by atoms with Gasteiger partial charge in [0.05, 0.1) is 10.7 Å². The van der Waals surface area contributed by atoms with Gasteiger partial charge < -0.3 is 0 Å². The van der Waals surface area contributed by atoms with E-state index in [0.717, 1.165) is 16.3 Å². The van der Waals surface area contributed by atoms with Gasteiger partial charge in [-0.1, -0.05) is 31.5 Å². The van der Waals surface area contributed by atoms with Crippen molar-refractivity contribution in [2.24, 2.45) is 0 Å². The van der Waals surface area contributed by atoms with Gasteiger partial charge in [-0.15, -0.1) is 11.3 Å². The molecule has 0 aliphatic heterocycles. The summed E-state index contributed by atoms with van der Waals surface area (Å²) in [5.74, 6) is -0.0115. The van der Waals surface area contributed by atoms with E-state index >= 15 is 0 Å². The molecule has 0 aliphatic rings. The predicted molar refractivity (Wildman–Crippen MR) is 66.6 cm³/mol. The van der Waals surface area contributed by atoms with Crippen molar-refractivity contribution < 1.29 is 4.39 Å². The van der Waals surface area contributed by atoms with Crippen molar-refractivity contribution in [3.8, 4) is 10.6 Å². The van der Waals surface area contributed by atoms with Gasteiger partial charge in [0.15, 0.2) is 0 Å². The first-order valence-corrected chi connectivity index (χ1v) is 6.24. The summed E-state index contributed by atoms with van der Waals surface area (Å²) >= 11 is 7.16.